The lowest BCUT2D eigenvalue weighted by molar-refractivity contribution is 0.107. The van der Waals surface area contributed by atoms with Crippen molar-refractivity contribution in [2.45, 2.75) is 32.0 Å². The molecule has 1 aromatic heterocycles. The largest absolute Gasteiger partial charge is 0.306 e. The third-order valence-corrected chi connectivity index (χ3v) is 6.57. The van der Waals surface area contributed by atoms with Gasteiger partial charge < -0.3 is 4.90 Å². The van der Waals surface area contributed by atoms with Crippen LogP contribution in [0.5, 0.6) is 0 Å². The van der Waals surface area contributed by atoms with Gasteiger partial charge in [-0.15, -0.1) is 0 Å². The summed E-state index contributed by atoms with van der Waals surface area (Å²) in [4.78, 5) is 4.66. The lowest BCUT2D eigenvalue weighted by Gasteiger charge is -2.37. The Morgan fingerprint density at radius 1 is 0.879 bits per heavy atom. The summed E-state index contributed by atoms with van der Waals surface area (Å²) in [6, 6.07) is 18.1. The zero-order chi connectivity index (χ0) is 22.8. The van der Waals surface area contributed by atoms with Crippen LogP contribution in [-0.4, -0.2) is 51.4 Å². The monoisotopic (exact) mass is 447 g/mol. The van der Waals surface area contributed by atoms with E-state index in [0.717, 1.165) is 53.7 Å². The Hall–Kier alpha value is -3.16. The number of piperidine rings is 1. The minimum atomic E-state index is -0.243. The molecular formula is C26H27F2N5. The molecule has 1 aliphatic rings. The predicted octanol–water partition coefficient (Wildman–Crippen LogP) is 5.00. The molecule has 7 heteroatoms. The van der Waals surface area contributed by atoms with Crippen LogP contribution in [0, 0.1) is 11.6 Å². The number of likely N-dealkylation sites (tertiary alicyclic amines) is 1. The van der Waals surface area contributed by atoms with Gasteiger partial charge in [-0.25, -0.2) is 8.78 Å². The van der Waals surface area contributed by atoms with Gasteiger partial charge in [0.15, 0.2) is 0 Å². The van der Waals surface area contributed by atoms with Crippen molar-refractivity contribution in [1.82, 2.24) is 25.2 Å². The van der Waals surface area contributed by atoms with Crippen LogP contribution in [0.25, 0.3) is 22.2 Å². The van der Waals surface area contributed by atoms with Crippen LogP contribution in [-0.2, 0) is 13.1 Å². The number of benzene rings is 3. The van der Waals surface area contributed by atoms with Crippen LogP contribution in [0.2, 0.25) is 0 Å². The highest BCUT2D eigenvalue weighted by atomic mass is 19.1. The second-order valence-corrected chi connectivity index (χ2v) is 8.90. The van der Waals surface area contributed by atoms with Gasteiger partial charge in [-0.2, -0.15) is 15.4 Å². The summed E-state index contributed by atoms with van der Waals surface area (Å²) in [6.45, 7) is 3.19. The first-order valence-electron chi connectivity index (χ1n) is 11.3. The second-order valence-electron chi connectivity index (χ2n) is 8.90. The molecule has 2 heterocycles. The second kappa shape index (κ2) is 9.37. The maximum atomic E-state index is 15.0. The summed E-state index contributed by atoms with van der Waals surface area (Å²) >= 11 is 0. The first-order chi connectivity index (χ1) is 16.0. The average Bonchev–Trinajstić information content (AvgIpc) is 3.30. The van der Waals surface area contributed by atoms with E-state index in [1.165, 1.54) is 12.1 Å². The van der Waals surface area contributed by atoms with Crippen molar-refractivity contribution in [1.29, 1.82) is 0 Å². The van der Waals surface area contributed by atoms with Gasteiger partial charge in [0.1, 0.15) is 22.7 Å². The number of halogens is 2. The fourth-order valence-electron chi connectivity index (χ4n) is 4.61. The van der Waals surface area contributed by atoms with Crippen LogP contribution < -0.4 is 0 Å². The van der Waals surface area contributed by atoms with Crippen molar-refractivity contribution >= 4 is 11.0 Å². The molecule has 0 bridgehead atoms. The minimum absolute atomic E-state index is 0.210. The number of hydrogen-bond acceptors (Lipinski definition) is 4. The smallest absolute Gasteiger partial charge is 0.127 e. The number of hydrogen-bond donors (Lipinski definition) is 1. The number of aromatic amines is 1. The third-order valence-electron chi connectivity index (χ3n) is 6.57. The van der Waals surface area contributed by atoms with Crippen LogP contribution in [0.4, 0.5) is 8.78 Å². The molecule has 4 aromatic rings. The van der Waals surface area contributed by atoms with Gasteiger partial charge in [-0.3, -0.25) is 4.90 Å². The van der Waals surface area contributed by atoms with E-state index in [9.17, 15) is 8.78 Å². The topological polar surface area (TPSA) is 48.0 Å². The normalized spacial score (nSPS) is 15.5. The lowest BCUT2D eigenvalue weighted by atomic mass is 9.99. The van der Waals surface area contributed by atoms with E-state index in [2.05, 4.69) is 32.3 Å². The minimum Gasteiger partial charge on any atom is -0.306 e. The number of nitrogens with one attached hydrogen (secondary N) is 1. The summed E-state index contributed by atoms with van der Waals surface area (Å²) in [5, 5.41) is 10.9. The van der Waals surface area contributed by atoms with E-state index in [1.54, 1.807) is 12.1 Å². The molecule has 5 rings (SSSR count). The molecule has 3 aromatic carbocycles. The first-order valence-corrected chi connectivity index (χ1v) is 11.3. The highest BCUT2D eigenvalue weighted by molar-refractivity contribution is 5.81. The molecule has 5 nitrogen and oxygen atoms in total. The van der Waals surface area contributed by atoms with E-state index in [-0.39, 0.29) is 11.6 Å². The van der Waals surface area contributed by atoms with E-state index in [1.807, 2.05) is 36.4 Å². The van der Waals surface area contributed by atoms with Gasteiger partial charge >= 0.3 is 0 Å². The van der Waals surface area contributed by atoms with Crippen LogP contribution in [0.15, 0.2) is 60.7 Å². The number of fused-ring (bicyclic) bond motifs is 1. The van der Waals surface area contributed by atoms with Crippen molar-refractivity contribution in [3.05, 3.63) is 83.4 Å². The molecule has 0 radical (unpaired) electrons. The number of nitrogens with zero attached hydrogens (tertiary/aromatic N) is 4. The zero-order valence-electron chi connectivity index (χ0n) is 18.6. The maximum absolute atomic E-state index is 15.0. The van der Waals surface area contributed by atoms with Gasteiger partial charge in [0.05, 0.1) is 0 Å². The first kappa shape index (κ1) is 21.7. The fourth-order valence-corrected chi connectivity index (χ4v) is 4.61. The Morgan fingerprint density at radius 3 is 2.36 bits per heavy atom. The lowest BCUT2D eigenvalue weighted by Crippen LogP contribution is -2.43. The predicted molar refractivity (Wildman–Crippen MR) is 125 cm³/mol. The molecular weight excluding hydrogens is 420 g/mol. The highest BCUT2D eigenvalue weighted by Gasteiger charge is 2.24. The van der Waals surface area contributed by atoms with Gasteiger partial charge in [-0.1, -0.05) is 24.3 Å². The standard InChI is InChI=1S/C26H27F2N5/c1-32-12-10-23(11-13-32)33(16-18-2-6-22(27)7-3-18)17-21-14-19(4-8-24(21)28)20-5-9-25-26(15-20)30-31-29-25/h2-9,14-15,23H,10-13,16-17H2,1H3,(H,29,30,31). The maximum Gasteiger partial charge on any atom is 0.127 e. The van der Waals surface area contributed by atoms with E-state index >= 15 is 0 Å². The molecule has 1 aliphatic heterocycles. The Labute approximate surface area is 192 Å². The van der Waals surface area contributed by atoms with Crippen molar-refractivity contribution < 1.29 is 8.78 Å². The molecule has 1 N–H and O–H groups in total. The van der Waals surface area contributed by atoms with Crippen LogP contribution >= 0.6 is 0 Å². The molecule has 0 spiro atoms. The molecule has 1 saturated heterocycles. The van der Waals surface area contributed by atoms with Gasteiger partial charge in [0, 0.05) is 24.7 Å². The molecule has 1 fully saturated rings. The van der Waals surface area contributed by atoms with E-state index in [4.69, 9.17) is 0 Å². The summed E-state index contributed by atoms with van der Waals surface area (Å²) in [5.41, 5.74) is 5.19. The van der Waals surface area contributed by atoms with Crippen LogP contribution in [0.3, 0.4) is 0 Å². The molecule has 0 unspecified atom stereocenters. The van der Waals surface area contributed by atoms with Gasteiger partial charge in [-0.05, 0) is 86.1 Å². The summed E-state index contributed by atoms with van der Waals surface area (Å²) in [7, 11) is 2.13. The Morgan fingerprint density at radius 2 is 1.58 bits per heavy atom. The molecule has 33 heavy (non-hydrogen) atoms. The zero-order valence-corrected chi connectivity index (χ0v) is 18.6. The summed E-state index contributed by atoms with van der Waals surface area (Å²) in [5.74, 6) is -0.453. The van der Waals surface area contributed by atoms with Crippen LogP contribution in [0.1, 0.15) is 24.0 Å². The molecule has 0 aliphatic carbocycles. The average molecular weight is 448 g/mol. The SMILES string of the molecule is CN1CCC(N(Cc2ccc(F)cc2)Cc2cc(-c3ccc4n[nH]nc4c3)ccc2F)CC1. The molecule has 0 amide bonds. The number of aromatic nitrogens is 3. The van der Waals surface area contributed by atoms with Crippen molar-refractivity contribution in [2.75, 3.05) is 20.1 Å². The van der Waals surface area contributed by atoms with Crippen molar-refractivity contribution in [3.8, 4) is 11.1 Å². The molecule has 170 valence electrons. The summed E-state index contributed by atoms with van der Waals surface area (Å²) in [6.07, 6.45) is 2.06. The number of H-pyrrole nitrogens is 1. The Kier molecular flexibility index (Phi) is 6.15. The fraction of sp³-hybridized carbons (Fsp3) is 0.308. The van der Waals surface area contributed by atoms with E-state index < -0.39 is 0 Å². The molecule has 0 saturated carbocycles. The summed E-state index contributed by atoms with van der Waals surface area (Å²) < 4.78 is 28.4. The Bertz CT molecular complexity index is 1230. The third kappa shape index (κ3) is 4.94. The van der Waals surface area contributed by atoms with Gasteiger partial charge in [0.2, 0.25) is 0 Å². The van der Waals surface area contributed by atoms with Crippen molar-refractivity contribution in [3.63, 3.8) is 0 Å². The van der Waals surface area contributed by atoms with Crippen molar-refractivity contribution in [2.24, 2.45) is 0 Å². The number of rotatable bonds is 6. The molecule has 0 atom stereocenters. The van der Waals surface area contributed by atoms with Gasteiger partial charge in [0.25, 0.3) is 0 Å². The quantitative estimate of drug-likeness (QED) is 0.452. The highest BCUT2D eigenvalue weighted by Crippen LogP contribution is 2.27. The Balaban J connectivity index is 1.43. The van der Waals surface area contributed by atoms with E-state index in [0.29, 0.717) is 24.7 Å².